The summed E-state index contributed by atoms with van der Waals surface area (Å²) in [5, 5.41) is 0.620. The van der Waals surface area contributed by atoms with Crippen molar-refractivity contribution in [3.8, 4) is 0 Å². The highest BCUT2D eigenvalue weighted by Crippen LogP contribution is 2.62. The van der Waals surface area contributed by atoms with Crippen molar-refractivity contribution in [1.29, 1.82) is 0 Å². The van der Waals surface area contributed by atoms with E-state index in [4.69, 9.17) is 9.47 Å². The molecule has 2 unspecified atom stereocenters. The Morgan fingerprint density at radius 1 is 1.31 bits per heavy atom. The summed E-state index contributed by atoms with van der Waals surface area (Å²) < 4.78 is 55.8. The van der Waals surface area contributed by atoms with Gasteiger partial charge in [-0.25, -0.2) is 4.57 Å². The highest BCUT2D eigenvalue weighted by molar-refractivity contribution is 7.99. The molecule has 29 heavy (non-hydrogen) atoms. The molecular weight excluding hydrogens is 403 g/mol. The SMILES string of the molecule is CCOCSc1cnc2n1C1=C(C)C(OC)=C(C)CC13C=CC=C[N+]23C(F)(F)F. The third kappa shape index (κ3) is 2.47. The normalized spacial score (nSPS) is 28.0. The van der Waals surface area contributed by atoms with Crippen LogP contribution in [0.15, 0.2) is 52.6 Å². The lowest BCUT2D eigenvalue weighted by Crippen LogP contribution is -2.68. The molecule has 1 aromatic rings. The van der Waals surface area contributed by atoms with Gasteiger partial charge in [-0.05, 0) is 38.5 Å². The van der Waals surface area contributed by atoms with Crippen LogP contribution in [0.25, 0.3) is 5.70 Å². The smallest absolute Gasteiger partial charge is 0.496 e. The summed E-state index contributed by atoms with van der Waals surface area (Å²) in [7, 11) is 1.55. The van der Waals surface area contributed by atoms with Crippen molar-refractivity contribution in [1.82, 2.24) is 14.0 Å². The fourth-order valence-corrected chi connectivity index (χ4v) is 5.63. The summed E-state index contributed by atoms with van der Waals surface area (Å²) in [6.07, 6.45) is 3.12. The molecule has 0 saturated heterocycles. The maximum Gasteiger partial charge on any atom is 0.574 e. The number of allylic oxidation sites excluding steroid dienone is 3. The predicted molar refractivity (Wildman–Crippen MR) is 107 cm³/mol. The van der Waals surface area contributed by atoms with Crippen molar-refractivity contribution in [3.63, 3.8) is 0 Å². The molecule has 1 aromatic heterocycles. The molecule has 4 rings (SSSR count). The van der Waals surface area contributed by atoms with E-state index in [0.717, 1.165) is 5.57 Å². The van der Waals surface area contributed by atoms with Gasteiger partial charge in [0.2, 0.25) is 0 Å². The predicted octanol–water partition coefficient (Wildman–Crippen LogP) is 5.19. The minimum absolute atomic E-state index is 0.0587. The van der Waals surface area contributed by atoms with Crippen LogP contribution in [0, 0.1) is 0 Å². The fourth-order valence-electron chi connectivity index (χ4n) is 4.83. The molecule has 0 bridgehead atoms. The first kappa shape index (κ1) is 20.3. The summed E-state index contributed by atoms with van der Waals surface area (Å²) in [5.41, 5.74) is 0.685. The van der Waals surface area contributed by atoms with Gasteiger partial charge in [0.1, 0.15) is 22.7 Å². The van der Waals surface area contributed by atoms with Gasteiger partial charge >= 0.3 is 12.2 Å². The van der Waals surface area contributed by atoms with E-state index in [2.05, 4.69) is 4.98 Å². The van der Waals surface area contributed by atoms with Crippen LogP contribution in [-0.2, 0) is 9.47 Å². The zero-order chi connectivity index (χ0) is 21.0. The average Bonchev–Trinajstić information content (AvgIpc) is 3.16. The molecule has 2 atom stereocenters. The fraction of sp³-hybridized carbons (Fsp3) is 0.450. The lowest BCUT2D eigenvalue weighted by atomic mass is 9.77. The Hall–Kier alpha value is -1.97. The summed E-state index contributed by atoms with van der Waals surface area (Å²) >= 11 is 1.34. The number of hydrogen-bond donors (Lipinski definition) is 0. The van der Waals surface area contributed by atoms with Gasteiger partial charge in [-0.1, -0.05) is 17.8 Å². The lowest BCUT2D eigenvalue weighted by Gasteiger charge is -2.45. The van der Waals surface area contributed by atoms with E-state index in [1.165, 1.54) is 30.2 Å². The quantitative estimate of drug-likeness (QED) is 0.214. The van der Waals surface area contributed by atoms with Crippen LogP contribution < -0.4 is 4.48 Å². The highest BCUT2D eigenvalue weighted by Gasteiger charge is 2.76. The average molecular weight is 426 g/mol. The Balaban J connectivity index is 2.05. The third-order valence-electron chi connectivity index (χ3n) is 5.80. The molecule has 0 saturated carbocycles. The van der Waals surface area contributed by atoms with Crippen LogP contribution in [0.4, 0.5) is 19.1 Å². The zero-order valence-corrected chi connectivity index (χ0v) is 17.5. The van der Waals surface area contributed by atoms with Crippen molar-refractivity contribution >= 4 is 23.4 Å². The number of hydrogen-bond acceptors (Lipinski definition) is 4. The molecule has 5 nitrogen and oxygen atoms in total. The summed E-state index contributed by atoms with van der Waals surface area (Å²) in [6, 6.07) is 0. The zero-order valence-electron chi connectivity index (χ0n) is 16.7. The van der Waals surface area contributed by atoms with E-state index < -0.39 is 16.3 Å². The first-order valence-electron chi connectivity index (χ1n) is 9.32. The van der Waals surface area contributed by atoms with Crippen LogP contribution in [0.3, 0.4) is 0 Å². The molecule has 0 N–H and O–H groups in total. The molecule has 3 aliphatic rings. The number of quaternary nitrogens is 1. The standard InChI is InChI=1S/C20H23F3N3O2S/c1-5-28-12-29-15-11-24-18-25(15)17-14(3)16(27-4)13(2)10-19(17)8-6-7-9-26(18,19)20(21,22)23/h6-9,11H,5,10,12H2,1-4H3/q+1. The van der Waals surface area contributed by atoms with E-state index in [1.54, 1.807) is 23.8 Å². The Morgan fingerprint density at radius 2 is 2.07 bits per heavy atom. The molecule has 156 valence electrons. The second kappa shape index (κ2) is 6.78. The van der Waals surface area contributed by atoms with E-state index in [9.17, 15) is 13.2 Å². The van der Waals surface area contributed by atoms with Gasteiger partial charge in [0.15, 0.2) is 5.54 Å². The molecule has 0 aromatic carbocycles. The Bertz CT molecular complexity index is 976. The molecule has 0 fully saturated rings. The summed E-state index contributed by atoms with van der Waals surface area (Å²) in [6.45, 7) is 6.06. The number of fused-ring (bicyclic) bond motifs is 3. The number of imidazole rings is 1. The number of thioether (sulfide) groups is 1. The highest BCUT2D eigenvalue weighted by atomic mass is 32.2. The van der Waals surface area contributed by atoms with Crippen molar-refractivity contribution in [2.45, 2.75) is 44.1 Å². The van der Waals surface area contributed by atoms with Crippen molar-refractivity contribution < 1.29 is 22.6 Å². The number of nitrogens with zero attached hydrogens (tertiary/aromatic N) is 3. The van der Waals surface area contributed by atoms with Gasteiger partial charge in [-0.2, -0.15) is 4.98 Å². The molecule has 1 spiro atoms. The topological polar surface area (TPSA) is 36.3 Å². The third-order valence-corrected chi connectivity index (χ3v) is 6.67. The number of alkyl halides is 3. The second-order valence-electron chi connectivity index (χ2n) is 7.27. The van der Waals surface area contributed by atoms with E-state index >= 15 is 0 Å². The van der Waals surface area contributed by atoms with Crippen LogP contribution in [0.2, 0.25) is 0 Å². The number of halogens is 3. The van der Waals surface area contributed by atoms with E-state index in [1.807, 2.05) is 20.8 Å². The van der Waals surface area contributed by atoms with Crippen molar-refractivity contribution in [2.75, 3.05) is 19.7 Å². The van der Waals surface area contributed by atoms with Gasteiger partial charge in [0.25, 0.3) is 0 Å². The number of methoxy groups -OCH3 is 1. The summed E-state index contributed by atoms with van der Waals surface area (Å²) in [4.78, 5) is 4.29. The van der Waals surface area contributed by atoms with Gasteiger partial charge in [0, 0.05) is 18.6 Å². The molecule has 9 heteroatoms. The first-order valence-corrected chi connectivity index (χ1v) is 10.3. The monoisotopic (exact) mass is 426 g/mol. The van der Waals surface area contributed by atoms with Crippen LogP contribution in [0.1, 0.15) is 27.2 Å². The van der Waals surface area contributed by atoms with Gasteiger partial charge in [-0.15, -0.1) is 17.7 Å². The van der Waals surface area contributed by atoms with E-state index in [0.29, 0.717) is 34.6 Å². The molecule has 2 aliphatic heterocycles. The van der Waals surface area contributed by atoms with Gasteiger partial charge in [0.05, 0.1) is 19.2 Å². The van der Waals surface area contributed by atoms with Crippen molar-refractivity contribution in [2.24, 2.45) is 0 Å². The molecule has 0 radical (unpaired) electrons. The van der Waals surface area contributed by atoms with Crippen molar-refractivity contribution in [3.05, 3.63) is 47.5 Å². The number of rotatable bonds is 5. The molecular formula is C20H23F3N3O2S+. The van der Waals surface area contributed by atoms with Gasteiger partial charge in [-0.3, -0.25) is 0 Å². The van der Waals surface area contributed by atoms with Crippen LogP contribution in [0.5, 0.6) is 0 Å². The Morgan fingerprint density at radius 3 is 2.72 bits per heavy atom. The first-order chi connectivity index (χ1) is 13.7. The molecule has 0 amide bonds. The Labute approximate surface area is 171 Å². The second-order valence-corrected chi connectivity index (χ2v) is 8.21. The molecule has 1 aliphatic carbocycles. The largest absolute Gasteiger partial charge is 0.574 e. The van der Waals surface area contributed by atoms with E-state index in [-0.39, 0.29) is 12.4 Å². The maximum absolute atomic E-state index is 14.8. The summed E-state index contributed by atoms with van der Waals surface area (Å²) in [5.74, 6) is 0.915. The van der Waals surface area contributed by atoms with Crippen LogP contribution >= 0.6 is 11.8 Å². The van der Waals surface area contributed by atoms with Gasteiger partial charge < -0.3 is 9.47 Å². The Kier molecular flexibility index (Phi) is 4.75. The van der Waals surface area contributed by atoms with Crippen LogP contribution in [-0.4, -0.2) is 41.0 Å². The minimum atomic E-state index is -4.58. The molecule has 3 heterocycles. The lowest BCUT2D eigenvalue weighted by molar-refractivity contribution is -0.236. The maximum atomic E-state index is 14.8. The number of aromatic nitrogens is 2. The number of ether oxygens (including phenoxy) is 2. The minimum Gasteiger partial charge on any atom is -0.496 e.